The summed E-state index contributed by atoms with van der Waals surface area (Å²) in [5.74, 6) is -1.74. The maximum atomic E-state index is 12.6. The fraction of sp³-hybridized carbons (Fsp3) is 0.125. The lowest BCUT2D eigenvalue weighted by Crippen LogP contribution is -2.22. The molecule has 0 unspecified atom stereocenters. The molecular weight excluding hydrogens is 378 g/mol. The predicted octanol–water partition coefficient (Wildman–Crippen LogP) is 3.31. The van der Waals surface area contributed by atoms with Gasteiger partial charge >= 0.3 is 0 Å². The van der Waals surface area contributed by atoms with Crippen LogP contribution < -0.4 is 10.4 Å². The van der Waals surface area contributed by atoms with Crippen molar-refractivity contribution in [3.63, 3.8) is 0 Å². The van der Waals surface area contributed by atoms with E-state index in [1.165, 1.54) is 18.2 Å². The summed E-state index contributed by atoms with van der Waals surface area (Å²) < 4.78 is 1.87. The van der Waals surface area contributed by atoms with Crippen molar-refractivity contribution < 1.29 is 14.7 Å². The first kappa shape index (κ1) is 20.6. The van der Waals surface area contributed by atoms with Crippen molar-refractivity contribution in [1.82, 2.24) is 4.57 Å². The molecule has 2 aromatic carbocycles. The molecule has 0 spiro atoms. The molecule has 0 saturated carbocycles. The number of aromatic carboxylic acids is 1. The number of carbonyl (C=O) groups excluding carboxylic acids is 2. The summed E-state index contributed by atoms with van der Waals surface area (Å²) in [5.41, 5.74) is 4.57. The van der Waals surface area contributed by atoms with Crippen LogP contribution in [0.25, 0.3) is 11.8 Å². The molecule has 1 N–H and O–H groups in total. The molecule has 1 heterocycles. The molecule has 30 heavy (non-hydrogen) atoms. The smallest absolute Gasteiger partial charge is 0.266 e. The van der Waals surface area contributed by atoms with Crippen molar-refractivity contribution in [2.45, 2.75) is 20.8 Å². The van der Waals surface area contributed by atoms with Crippen molar-refractivity contribution in [2.75, 3.05) is 5.32 Å². The van der Waals surface area contributed by atoms with Crippen LogP contribution in [-0.2, 0) is 4.79 Å². The number of nitrogens with zero attached hydrogens (tertiary/aromatic N) is 2. The number of aryl methyl sites for hydroxylation is 2. The second kappa shape index (κ2) is 8.50. The highest BCUT2D eigenvalue weighted by Crippen LogP contribution is 2.24. The molecule has 0 atom stereocenters. The summed E-state index contributed by atoms with van der Waals surface area (Å²) in [7, 11) is 0. The van der Waals surface area contributed by atoms with Gasteiger partial charge in [-0.1, -0.05) is 30.3 Å². The average Bonchev–Trinajstić information content (AvgIpc) is 3.00. The van der Waals surface area contributed by atoms with Gasteiger partial charge in [-0.3, -0.25) is 4.79 Å². The van der Waals surface area contributed by atoms with Crippen LogP contribution in [0.4, 0.5) is 5.69 Å². The van der Waals surface area contributed by atoms with Crippen LogP contribution in [0.15, 0.2) is 60.2 Å². The van der Waals surface area contributed by atoms with E-state index in [9.17, 15) is 20.0 Å². The molecule has 1 aromatic heterocycles. The maximum absolute atomic E-state index is 12.6. The second-order valence-electron chi connectivity index (χ2n) is 6.94. The standard InChI is InChI=1S/C24H21N3O3/c1-15-7-4-5-10-22(15)26-23(28)20(14-25)12-19-11-16(2)27(17(19)3)21-9-6-8-18(13-21)24(29)30/h4-13H,1-3H3,(H,26,28)(H,29,30)/p-1/b20-12-. The molecular formula is C24H20N3O3-. The van der Waals surface area contributed by atoms with Crippen LogP contribution in [-0.4, -0.2) is 16.4 Å². The number of rotatable bonds is 5. The van der Waals surface area contributed by atoms with Crippen LogP contribution >= 0.6 is 0 Å². The number of carboxylic acid groups (broad SMARTS) is 1. The molecule has 0 bridgehead atoms. The Morgan fingerprint density at radius 1 is 1.07 bits per heavy atom. The number of anilines is 1. The first-order valence-electron chi connectivity index (χ1n) is 9.31. The molecule has 150 valence electrons. The minimum absolute atomic E-state index is 0.0259. The number of hydrogen-bond acceptors (Lipinski definition) is 4. The Morgan fingerprint density at radius 3 is 2.47 bits per heavy atom. The SMILES string of the molecule is Cc1ccccc1NC(=O)/C(C#N)=C\c1cc(C)n(-c2cccc(C(=O)[O-])c2)c1C. The zero-order chi connectivity index (χ0) is 21.8. The first-order chi connectivity index (χ1) is 14.3. The van der Waals surface area contributed by atoms with Crippen LogP contribution in [0.3, 0.4) is 0 Å². The maximum Gasteiger partial charge on any atom is 0.266 e. The van der Waals surface area contributed by atoms with E-state index >= 15 is 0 Å². The lowest BCUT2D eigenvalue weighted by atomic mass is 10.1. The van der Waals surface area contributed by atoms with E-state index in [0.717, 1.165) is 17.0 Å². The number of para-hydroxylation sites is 1. The summed E-state index contributed by atoms with van der Waals surface area (Å²) in [6, 6.07) is 17.6. The van der Waals surface area contributed by atoms with E-state index in [4.69, 9.17) is 0 Å². The Labute approximate surface area is 174 Å². The quantitative estimate of drug-likeness (QED) is 0.527. The highest BCUT2D eigenvalue weighted by atomic mass is 16.4. The zero-order valence-electron chi connectivity index (χ0n) is 16.9. The fourth-order valence-corrected chi connectivity index (χ4v) is 3.31. The van der Waals surface area contributed by atoms with Gasteiger partial charge in [0.25, 0.3) is 5.91 Å². The number of nitriles is 1. The summed E-state index contributed by atoms with van der Waals surface area (Å²) in [6.07, 6.45) is 1.54. The Morgan fingerprint density at radius 2 is 1.80 bits per heavy atom. The zero-order valence-corrected chi connectivity index (χ0v) is 16.9. The molecule has 3 rings (SSSR count). The van der Waals surface area contributed by atoms with Gasteiger partial charge in [-0.15, -0.1) is 0 Å². The number of nitrogens with one attached hydrogen (secondary N) is 1. The van der Waals surface area contributed by atoms with Crippen LogP contribution in [0.2, 0.25) is 0 Å². The summed E-state index contributed by atoms with van der Waals surface area (Å²) >= 11 is 0. The molecule has 6 heteroatoms. The highest BCUT2D eigenvalue weighted by Gasteiger charge is 2.15. The Bertz CT molecular complexity index is 1210. The van der Waals surface area contributed by atoms with E-state index < -0.39 is 11.9 Å². The molecule has 1 amide bonds. The van der Waals surface area contributed by atoms with Gasteiger partial charge in [0.2, 0.25) is 0 Å². The number of hydrogen-bond donors (Lipinski definition) is 1. The first-order valence-corrected chi connectivity index (χ1v) is 9.31. The molecule has 3 aromatic rings. The van der Waals surface area contributed by atoms with Crippen molar-refractivity contribution in [3.8, 4) is 11.8 Å². The van der Waals surface area contributed by atoms with Gasteiger partial charge in [0.1, 0.15) is 11.6 Å². The van der Waals surface area contributed by atoms with Gasteiger partial charge < -0.3 is 19.8 Å². The van der Waals surface area contributed by atoms with Gasteiger partial charge in [0.05, 0.1) is 5.97 Å². The normalized spacial score (nSPS) is 11.1. The summed E-state index contributed by atoms with van der Waals surface area (Å²) in [6.45, 7) is 5.59. The predicted molar refractivity (Wildman–Crippen MR) is 113 cm³/mol. The van der Waals surface area contributed by atoms with Gasteiger partial charge in [-0.05, 0) is 67.8 Å². The van der Waals surface area contributed by atoms with Crippen molar-refractivity contribution >= 4 is 23.6 Å². The molecule has 0 saturated heterocycles. The third-order valence-electron chi connectivity index (χ3n) is 4.87. The number of benzene rings is 2. The lowest BCUT2D eigenvalue weighted by Gasteiger charge is -2.12. The van der Waals surface area contributed by atoms with Gasteiger partial charge in [-0.25, -0.2) is 0 Å². The van der Waals surface area contributed by atoms with Crippen molar-refractivity contribution in [3.05, 3.63) is 88.2 Å². The van der Waals surface area contributed by atoms with Crippen LogP contribution in [0.1, 0.15) is 32.9 Å². The summed E-state index contributed by atoms with van der Waals surface area (Å²) in [5, 5.41) is 23.5. The topological polar surface area (TPSA) is 98.0 Å². The van der Waals surface area contributed by atoms with Gasteiger partial charge in [-0.2, -0.15) is 5.26 Å². The minimum Gasteiger partial charge on any atom is -0.545 e. The van der Waals surface area contributed by atoms with E-state index in [1.807, 2.05) is 55.7 Å². The van der Waals surface area contributed by atoms with Crippen LogP contribution in [0, 0.1) is 32.1 Å². The molecule has 0 aliphatic rings. The van der Waals surface area contributed by atoms with E-state index in [2.05, 4.69) is 5.32 Å². The average molecular weight is 398 g/mol. The third kappa shape index (κ3) is 4.15. The number of carboxylic acids is 1. The largest absolute Gasteiger partial charge is 0.545 e. The fourth-order valence-electron chi connectivity index (χ4n) is 3.31. The summed E-state index contributed by atoms with van der Waals surface area (Å²) in [4.78, 5) is 23.8. The molecule has 0 aliphatic carbocycles. The Kier molecular flexibility index (Phi) is 5.84. The molecule has 0 aliphatic heterocycles. The third-order valence-corrected chi connectivity index (χ3v) is 4.87. The van der Waals surface area contributed by atoms with Crippen molar-refractivity contribution in [2.24, 2.45) is 0 Å². The van der Waals surface area contributed by atoms with Crippen LogP contribution in [0.5, 0.6) is 0 Å². The molecule has 0 fully saturated rings. The molecule has 6 nitrogen and oxygen atoms in total. The van der Waals surface area contributed by atoms with Crippen molar-refractivity contribution in [1.29, 1.82) is 5.26 Å². The number of aromatic nitrogens is 1. The Balaban J connectivity index is 1.97. The second-order valence-corrected chi connectivity index (χ2v) is 6.94. The molecule has 0 radical (unpaired) electrons. The number of carbonyl (C=O) groups is 2. The minimum atomic E-state index is -1.25. The van der Waals surface area contributed by atoms with E-state index in [0.29, 0.717) is 16.9 Å². The Hall–Kier alpha value is -4.11. The van der Waals surface area contributed by atoms with Gasteiger partial charge in [0.15, 0.2) is 0 Å². The van der Waals surface area contributed by atoms with E-state index in [-0.39, 0.29) is 11.1 Å². The monoisotopic (exact) mass is 398 g/mol. The lowest BCUT2D eigenvalue weighted by molar-refractivity contribution is -0.255. The van der Waals surface area contributed by atoms with E-state index in [1.54, 1.807) is 18.2 Å². The highest BCUT2D eigenvalue weighted by molar-refractivity contribution is 6.10. The van der Waals surface area contributed by atoms with Gasteiger partial charge in [0, 0.05) is 22.8 Å². The number of amides is 1.